The van der Waals surface area contributed by atoms with Crippen LogP contribution in [0.1, 0.15) is 23.8 Å². The maximum atomic E-state index is 13.4. The molecule has 0 atom stereocenters. The van der Waals surface area contributed by atoms with Crippen LogP contribution in [0.25, 0.3) is 0 Å². The van der Waals surface area contributed by atoms with Gasteiger partial charge >= 0.3 is 0 Å². The number of halogens is 1. The summed E-state index contributed by atoms with van der Waals surface area (Å²) in [6.45, 7) is 0. The minimum absolute atomic E-state index is 0.152. The molecule has 104 valence electrons. The van der Waals surface area contributed by atoms with Gasteiger partial charge in [-0.05, 0) is 25.0 Å². The van der Waals surface area contributed by atoms with Crippen molar-refractivity contribution in [2.75, 3.05) is 11.1 Å². The number of aromatic nitrogens is 2. The Hall–Kier alpha value is -1.47. The van der Waals surface area contributed by atoms with Crippen LogP contribution in [-0.4, -0.2) is 21.9 Å². The zero-order valence-electron chi connectivity index (χ0n) is 10.5. The zero-order chi connectivity index (χ0) is 13.9. The highest BCUT2D eigenvalue weighted by Gasteiger charge is 2.27. The molecule has 0 spiro atoms. The number of nitrogens with zero attached hydrogens (tertiary/aromatic N) is 2. The Bertz CT molecular complexity index is 628. The van der Waals surface area contributed by atoms with Crippen LogP contribution in [-0.2, 0) is 4.79 Å². The molecule has 2 aromatic rings. The van der Waals surface area contributed by atoms with Gasteiger partial charge < -0.3 is 0 Å². The van der Waals surface area contributed by atoms with E-state index in [0.29, 0.717) is 15.9 Å². The minimum Gasteiger partial charge on any atom is -0.300 e. The lowest BCUT2D eigenvalue weighted by molar-refractivity contribution is -0.113. The Morgan fingerprint density at radius 1 is 1.40 bits per heavy atom. The van der Waals surface area contributed by atoms with Crippen molar-refractivity contribution in [2.24, 2.45) is 0 Å². The van der Waals surface area contributed by atoms with Gasteiger partial charge in [-0.3, -0.25) is 10.1 Å². The van der Waals surface area contributed by atoms with Crippen molar-refractivity contribution in [1.82, 2.24) is 10.2 Å². The predicted octanol–water partition coefficient (Wildman–Crippen LogP) is 3.29. The first-order valence-corrected chi connectivity index (χ1v) is 8.03. The molecule has 20 heavy (non-hydrogen) atoms. The van der Waals surface area contributed by atoms with E-state index in [1.54, 1.807) is 18.2 Å². The lowest BCUT2D eigenvalue weighted by Crippen LogP contribution is -2.13. The Morgan fingerprint density at radius 2 is 2.20 bits per heavy atom. The summed E-state index contributed by atoms with van der Waals surface area (Å²) in [6.07, 6.45) is 2.32. The van der Waals surface area contributed by atoms with E-state index in [2.05, 4.69) is 15.5 Å². The lowest BCUT2D eigenvalue weighted by Gasteiger charge is -2.02. The van der Waals surface area contributed by atoms with E-state index in [0.717, 1.165) is 17.8 Å². The highest BCUT2D eigenvalue weighted by molar-refractivity contribution is 8.00. The van der Waals surface area contributed by atoms with Gasteiger partial charge in [-0.2, -0.15) is 0 Å². The molecule has 1 N–H and O–H groups in total. The molecule has 0 aliphatic heterocycles. The Labute approximate surface area is 123 Å². The van der Waals surface area contributed by atoms with E-state index in [9.17, 15) is 9.18 Å². The number of hydrogen-bond donors (Lipinski definition) is 1. The van der Waals surface area contributed by atoms with E-state index in [1.807, 2.05) is 0 Å². The molecular formula is C13H12FN3OS2. The number of thioether (sulfide) groups is 1. The first kappa shape index (κ1) is 13.5. The van der Waals surface area contributed by atoms with Crippen LogP contribution in [0, 0.1) is 5.82 Å². The van der Waals surface area contributed by atoms with Crippen molar-refractivity contribution in [3.05, 3.63) is 35.1 Å². The largest absolute Gasteiger partial charge is 0.300 e. The average Bonchev–Trinajstić information content (AvgIpc) is 3.19. The highest BCUT2D eigenvalue weighted by atomic mass is 32.2. The predicted molar refractivity (Wildman–Crippen MR) is 77.6 cm³/mol. The first-order valence-electron chi connectivity index (χ1n) is 6.23. The maximum Gasteiger partial charge on any atom is 0.236 e. The normalized spacial score (nSPS) is 14.2. The van der Waals surface area contributed by atoms with Crippen molar-refractivity contribution in [1.29, 1.82) is 0 Å². The Morgan fingerprint density at radius 3 is 2.95 bits per heavy atom. The fraction of sp³-hybridized carbons (Fsp3) is 0.308. The van der Waals surface area contributed by atoms with Crippen molar-refractivity contribution < 1.29 is 9.18 Å². The average molecular weight is 309 g/mol. The number of carbonyl (C=O) groups is 1. The molecule has 1 aromatic heterocycles. The molecule has 1 aliphatic rings. The van der Waals surface area contributed by atoms with Crippen LogP contribution < -0.4 is 5.32 Å². The van der Waals surface area contributed by atoms with Crippen LogP contribution in [0.5, 0.6) is 0 Å². The van der Waals surface area contributed by atoms with Crippen LogP contribution in [0.2, 0.25) is 0 Å². The standard InChI is InChI=1S/C13H12FN3OS2/c14-9-3-1-2-4-10(9)19-7-11(18)15-13-17-16-12(20-13)8-5-6-8/h1-4,8H,5-7H2,(H,15,17,18). The summed E-state index contributed by atoms with van der Waals surface area (Å²) in [5, 5.41) is 12.2. The number of nitrogens with one attached hydrogen (secondary N) is 1. The van der Waals surface area contributed by atoms with Crippen molar-refractivity contribution in [3.8, 4) is 0 Å². The molecule has 4 nitrogen and oxygen atoms in total. The number of hydrogen-bond acceptors (Lipinski definition) is 5. The van der Waals surface area contributed by atoms with Crippen LogP contribution in [0.4, 0.5) is 9.52 Å². The molecule has 3 rings (SSSR count). The third-order valence-corrected chi connectivity index (χ3v) is 4.86. The maximum absolute atomic E-state index is 13.4. The van der Waals surface area contributed by atoms with E-state index < -0.39 is 0 Å². The number of carbonyl (C=O) groups excluding carboxylic acids is 1. The molecule has 0 saturated heterocycles. The van der Waals surface area contributed by atoms with Gasteiger partial charge in [0.05, 0.1) is 5.75 Å². The number of amides is 1. The Balaban J connectivity index is 1.52. The van der Waals surface area contributed by atoms with Gasteiger partial charge in [-0.1, -0.05) is 23.5 Å². The van der Waals surface area contributed by atoms with Gasteiger partial charge in [0, 0.05) is 10.8 Å². The first-order chi connectivity index (χ1) is 9.72. The second-order valence-corrected chi connectivity index (χ2v) is 6.51. The van der Waals surface area contributed by atoms with Gasteiger partial charge in [-0.15, -0.1) is 22.0 Å². The quantitative estimate of drug-likeness (QED) is 0.861. The monoisotopic (exact) mass is 309 g/mol. The van der Waals surface area contributed by atoms with E-state index >= 15 is 0 Å². The van der Waals surface area contributed by atoms with Crippen molar-refractivity contribution in [2.45, 2.75) is 23.7 Å². The van der Waals surface area contributed by atoms with E-state index in [4.69, 9.17) is 0 Å². The molecule has 0 bridgehead atoms. The highest BCUT2D eigenvalue weighted by Crippen LogP contribution is 2.42. The fourth-order valence-electron chi connectivity index (χ4n) is 1.64. The zero-order valence-corrected chi connectivity index (χ0v) is 12.1. The summed E-state index contributed by atoms with van der Waals surface area (Å²) >= 11 is 2.59. The summed E-state index contributed by atoms with van der Waals surface area (Å²) in [7, 11) is 0. The van der Waals surface area contributed by atoms with Crippen LogP contribution >= 0.6 is 23.1 Å². The second-order valence-electron chi connectivity index (χ2n) is 4.49. The van der Waals surface area contributed by atoms with Crippen LogP contribution in [0.3, 0.4) is 0 Å². The minimum atomic E-state index is -0.308. The van der Waals surface area contributed by atoms with Gasteiger partial charge in [0.25, 0.3) is 0 Å². The molecule has 1 fully saturated rings. The van der Waals surface area contributed by atoms with Gasteiger partial charge in [0.2, 0.25) is 11.0 Å². The summed E-state index contributed by atoms with van der Waals surface area (Å²) < 4.78 is 13.4. The van der Waals surface area contributed by atoms with Crippen LogP contribution in [0.15, 0.2) is 29.2 Å². The summed E-state index contributed by atoms with van der Waals surface area (Å²) in [5.74, 6) is 0.180. The summed E-state index contributed by atoms with van der Waals surface area (Å²) in [6, 6.07) is 6.41. The number of rotatable bonds is 5. The van der Waals surface area contributed by atoms with E-state index in [-0.39, 0.29) is 17.5 Å². The second kappa shape index (κ2) is 5.88. The number of benzene rings is 1. The smallest absolute Gasteiger partial charge is 0.236 e. The van der Waals surface area contributed by atoms with Gasteiger partial charge in [-0.25, -0.2) is 4.39 Å². The van der Waals surface area contributed by atoms with Gasteiger partial charge in [0.15, 0.2) is 0 Å². The third-order valence-electron chi connectivity index (χ3n) is 2.81. The molecule has 1 heterocycles. The molecule has 7 heteroatoms. The SMILES string of the molecule is O=C(CSc1ccccc1F)Nc1nnc(C2CC2)s1. The number of anilines is 1. The molecule has 1 aliphatic carbocycles. The van der Waals surface area contributed by atoms with Crippen molar-refractivity contribution >= 4 is 34.1 Å². The molecule has 1 saturated carbocycles. The topological polar surface area (TPSA) is 54.9 Å². The van der Waals surface area contributed by atoms with Gasteiger partial charge in [0.1, 0.15) is 10.8 Å². The molecular weight excluding hydrogens is 297 g/mol. The molecule has 1 aromatic carbocycles. The van der Waals surface area contributed by atoms with E-state index in [1.165, 1.54) is 29.2 Å². The molecule has 1 amide bonds. The molecule has 0 unspecified atom stereocenters. The summed E-state index contributed by atoms with van der Waals surface area (Å²) in [4.78, 5) is 12.2. The lowest BCUT2D eigenvalue weighted by atomic mass is 10.3. The van der Waals surface area contributed by atoms with Crippen molar-refractivity contribution in [3.63, 3.8) is 0 Å². The molecule has 0 radical (unpaired) electrons. The fourth-order valence-corrected chi connectivity index (χ4v) is 3.31. The Kier molecular flexibility index (Phi) is 3.98. The third kappa shape index (κ3) is 3.34. The summed E-state index contributed by atoms with van der Waals surface area (Å²) in [5.41, 5.74) is 0.